The van der Waals surface area contributed by atoms with Crippen molar-refractivity contribution in [3.63, 3.8) is 0 Å². The van der Waals surface area contributed by atoms with E-state index in [9.17, 15) is 0 Å². The van der Waals surface area contributed by atoms with Gasteiger partial charge in [0.15, 0.2) is 0 Å². The van der Waals surface area contributed by atoms with Gasteiger partial charge in [-0.25, -0.2) is 4.68 Å². The third kappa shape index (κ3) is 2.36. The quantitative estimate of drug-likeness (QED) is 0.710. The lowest BCUT2D eigenvalue weighted by Gasteiger charge is -2.02. The van der Waals surface area contributed by atoms with Crippen molar-refractivity contribution in [2.24, 2.45) is 0 Å². The fraction of sp³-hybridized carbons (Fsp3) is 0.0625. The van der Waals surface area contributed by atoms with Gasteiger partial charge in [-0.05, 0) is 42.5 Å². The van der Waals surface area contributed by atoms with Crippen LogP contribution in [0.15, 0.2) is 66.9 Å². The minimum atomic E-state index is 0.853. The highest BCUT2D eigenvalue weighted by molar-refractivity contribution is 5.60. The van der Waals surface area contributed by atoms with E-state index in [-0.39, 0.29) is 0 Å². The second kappa shape index (κ2) is 4.98. The van der Waals surface area contributed by atoms with Crippen molar-refractivity contribution < 1.29 is 4.74 Å². The van der Waals surface area contributed by atoms with Gasteiger partial charge in [-0.15, -0.1) is 0 Å². The van der Waals surface area contributed by atoms with Crippen LogP contribution < -0.4 is 4.74 Å². The van der Waals surface area contributed by atoms with Crippen LogP contribution in [-0.4, -0.2) is 16.9 Å². The molecule has 3 rings (SSSR count). The molecular formula is C16H14N2O. The van der Waals surface area contributed by atoms with Crippen LogP contribution in [0.1, 0.15) is 0 Å². The molecule has 19 heavy (non-hydrogen) atoms. The Kier molecular flexibility index (Phi) is 3.02. The number of hydrogen-bond donors (Lipinski definition) is 0. The van der Waals surface area contributed by atoms with Crippen molar-refractivity contribution >= 4 is 0 Å². The number of para-hydroxylation sites is 1. The molecular weight excluding hydrogens is 236 g/mol. The molecule has 0 atom stereocenters. The molecule has 0 aliphatic heterocycles. The molecule has 3 aromatic rings. The van der Waals surface area contributed by atoms with E-state index in [1.807, 2.05) is 71.5 Å². The van der Waals surface area contributed by atoms with Gasteiger partial charge in [0.2, 0.25) is 0 Å². The number of methoxy groups -OCH3 is 1. The van der Waals surface area contributed by atoms with Gasteiger partial charge in [-0.2, -0.15) is 5.10 Å². The van der Waals surface area contributed by atoms with E-state index in [4.69, 9.17) is 4.74 Å². The van der Waals surface area contributed by atoms with Crippen LogP contribution >= 0.6 is 0 Å². The lowest BCUT2D eigenvalue weighted by Crippen LogP contribution is -1.94. The number of ether oxygens (including phenoxy) is 1. The summed E-state index contributed by atoms with van der Waals surface area (Å²) in [7, 11) is 1.67. The zero-order chi connectivity index (χ0) is 13.1. The van der Waals surface area contributed by atoms with E-state index >= 15 is 0 Å². The Balaban J connectivity index is 1.92. The Morgan fingerprint density at radius 1 is 0.895 bits per heavy atom. The molecule has 0 amide bonds. The Hall–Kier alpha value is -2.55. The number of rotatable bonds is 3. The van der Waals surface area contributed by atoms with Crippen LogP contribution in [-0.2, 0) is 0 Å². The molecule has 1 heterocycles. The predicted octanol–water partition coefficient (Wildman–Crippen LogP) is 3.55. The van der Waals surface area contributed by atoms with Crippen LogP contribution in [0, 0.1) is 0 Å². The summed E-state index contributed by atoms with van der Waals surface area (Å²) < 4.78 is 7.03. The molecule has 0 aliphatic rings. The Morgan fingerprint density at radius 3 is 2.32 bits per heavy atom. The SMILES string of the molecule is COc1ccc(-c2ccn(-c3ccccc3)n2)cc1. The van der Waals surface area contributed by atoms with Crippen LogP contribution in [0.4, 0.5) is 0 Å². The summed E-state index contributed by atoms with van der Waals surface area (Å²) in [6, 6.07) is 20.0. The number of hydrogen-bond acceptors (Lipinski definition) is 2. The van der Waals surface area contributed by atoms with Gasteiger partial charge in [-0.1, -0.05) is 18.2 Å². The van der Waals surface area contributed by atoms with Gasteiger partial charge in [-0.3, -0.25) is 0 Å². The first kappa shape index (κ1) is 11.5. The highest BCUT2D eigenvalue weighted by Crippen LogP contribution is 2.21. The molecule has 0 spiro atoms. The largest absolute Gasteiger partial charge is 0.497 e. The normalized spacial score (nSPS) is 10.4. The summed E-state index contributed by atoms with van der Waals surface area (Å²) in [6.07, 6.45) is 1.97. The van der Waals surface area contributed by atoms with Crippen molar-refractivity contribution in [1.82, 2.24) is 9.78 Å². The predicted molar refractivity (Wildman–Crippen MR) is 75.6 cm³/mol. The average Bonchev–Trinajstić information content (AvgIpc) is 2.98. The first-order chi connectivity index (χ1) is 9.36. The Labute approximate surface area is 112 Å². The van der Waals surface area contributed by atoms with Gasteiger partial charge >= 0.3 is 0 Å². The molecule has 1 aromatic heterocycles. The van der Waals surface area contributed by atoms with E-state index in [0.717, 1.165) is 22.7 Å². The monoisotopic (exact) mass is 250 g/mol. The number of aromatic nitrogens is 2. The van der Waals surface area contributed by atoms with Crippen LogP contribution in [0.3, 0.4) is 0 Å². The molecule has 0 saturated heterocycles. The van der Waals surface area contributed by atoms with Gasteiger partial charge in [0.1, 0.15) is 5.75 Å². The molecule has 0 fully saturated rings. The van der Waals surface area contributed by atoms with Crippen molar-refractivity contribution in [3.8, 4) is 22.7 Å². The highest BCUT2D eigenvalue weighted by Gasteiger charge is 2.03. The second-order valence-electron chi connectivity index (χ2n) is 4.21. The van der Waals surface area contributed by atoms with Crippen molar-refractivity contribution in [3.05, 3.63) is 66.9 Å². The Morgan fingerprint density at radius 2 is 1.63 bits per heavy atom. The fourth-order valence-electron chi connectivity index (χ4n) is 1.96. The molecule has 0 N–H and O–H groups in total. The molecule has 0 unspecified atom stereocenters. The summed E-state index contributed by atoms with van der Waals surface area (Å²) >= 11 is 0. The zero-order valence-corrected chi connectivity index (χ0v) is 10.7. The average molecular weight is 250 g/mol. The van der Waals surface area contributed by atoms with Crippen LogP contribution in [0.25, 0.3) is 16.9 Å². The van der Waals surface area contributed by atoms with E-state index in [0.29, 0.717) is 0 Å². The van der Waals surface area contributed by atoms with E-state index in [1.54, 1.807) is 7.11 Å². The maximum Gasteiger partial charge on any atom is 0.118 e. The standard InChI is InChI=1S/C16H14N2O/c1-19-15-9-7-13(8-10-15)16-11-12-18(17-16)14-5-3-2-4-6-14/h2-12H,1H3. The molecule has 0 saturated carbocycles. The third-order valence-corrected chi connectivity index (χ3v) is 3.00. The van der Waals surface area contributed by atoms with Gasteiger partial charge in [0.05, 0.1) is 18.5 Å². The maximum absolute atomic E-state index is 5.15. The summed E-state index contributed by atoms with van der Waals surface area (Å²) in [5.41, 5.74) is 3.09. The van der Waals surface area contributed by atoms with Crippen molar-refractivity contribution in [1.29, 1.82) is 0 Å². The minimum absolute atomic E-state index is 0.853. The van der Waals surface area contributed by atoms with Crippen molar-refractivity contribution in [2.45, 2.75) is 0 Å². The zero-order valence-electron chi connectivity index (χ0n) is 10.7. The molecule has 94 valence electrons. The molecule has 3 nitrogen and oxygen atoms in total. The first-order valence-corrected chi connectivity index (χ1v) is 6.12. The van der Waals surface area contributed by atoms with E-state index in [2.05, 4.69) is 5.10 Å². The van der Waals surface area contributed by atoms with Crippen LogP contribution in [0.5, 0.6) is 5.75 Å². The first-order valence-electron chi connectivity index (χ1n) is 6.12. The Bertz CT molecular complexity index is 657. The fourth-order valence-corrected chi connectivity index (χ4v) is 1.96. The smallest absolute Gasteiger partial charge is 0.118 e. The molecule has 0 radical (unpaired) electrons. The lowest BCUT2D eigenvalue weighted by atomic mass is 10.1. The topological polar surface area (TPSA) is 27.1 Å². The van der Waals surface area contributed by atoms with E-state index in [1.165, 1.54) is 0 Å². The van der Waals surface area contributed by atoms with Gasteiger partial charge in [0.25, 0.3) is 0 Å². The van der Waals surface area contributed by atoms with Gasteiger partial charge < -0.3 is 4.74 Å². The number of nitrogens with zero attached hydrogens (tertiary/aromatic N) is 2. The second-order valence-corrected chi connectivity index (χ2v) is 4.21. The van der Waals surface area contributed by atoms with E-state index < -0.39 is 0 Å². The maximum atomic E-state index is 5.15. The lowest BCUT2D eigenvalue weighted by molar-refractivity contribution is 0.415. The van der Waals surface area contributed by atoms with Crippen molar-refractivity contribution in [2.75, 3.05) is 7.11 Å². The molecule has 3 heteroatoms. The molecule has 0 bridgehead atoms. The summed E-state index contributed by atoms with van der Waals surface area (Å²) in [5.74, 6) is 0.853. The van der Waals surface area contributed by atoms with Gasteiger partial charge in [0, 0.05) is 11.8 Å². The van der Waals surface area contributed by atoms with Crippen LogP contribution in [0.2, 0.25) is 0 Å². The summed E-state index contributed by atoms with van der Waals surface area (Å²) in [5, 5.41) is 4.58. The third-order valence-electron chi connectivity index (χ3n) is 3.00. The molecule has 0 aliphatic carbocycles. The summed E-state index contributed by atoms with van der Waals surface area (Å²) in [6.45, 7) is 0. The number of benzene rings is 2. The molecule has 2 aromatic carbocycles. The minimum Gasteiger partial charge on any atom is -0.497 e. The summed E-state index contributed by atoms with van der Waals surface area (Å²) in [4.78, 5) is 0. The highest BCUT2D eigenvalue weighted by atomic mass is 16.5.